The first kappa shape index (κ1) is 19.9. The van der Waals surface area contributed by atoms with E-state index in [0.717, 1.165) is 29.0 Å². The van der Waals surface area contributed by atoms with Gasteiger partial charge in [0.15, 0.2) is 0 Å². The van der Waals surface area contributed by atoms with E-state index in [-0.39, 0.29) is 11.7 Å². The number of benzene rings is 3. The molecule has 7 N–H and O–H groups in total. The molecule has 148 valence electrons. The lowest BCUT2D eigenvalue weighted by Crippen LogP contribution is -2.17. The van der Waals surface area contributed by atoms with Crippen LogP contribution in [-0.2, 0) is 13.1 Å². The lowest BCUT2D eigenvalue weighted by atomic mass is 10.1. The SMILES string of the molecule is CN(Cc1cccc(CNc2ccc(C(=N)N)cc2)c1)c1ccc(C(=N)N)cc1. The van der Waals surface area contributed by atoms with Crippen LogP contribution in [0.25, 0.3) is 0 Å². The zero-order chi connectivity index (χ0) is 20.8. The molecule has 0 amide bonds. The van der Waals surface area contributed by atoms with Gasteiger partial charge in [-0.15, -0.1) is 0 Å². The van der Waals surface area contributed by atoms with E-state index in [0.29, 0.717) is 6.54 Å². The van der Waals surface area contributed by atoms with Crippen LogP contribution in [0, 0.1) is 10.8 Å². The Kier molecular flexibility index (Phi) is 6.14. The molecule has 0 fully saturated rings. The Morgan fingerprint density at radius 3 is 1.97 bits per heavy atom. The fourth-order valence-corrected chi connectivity index (χ4v) is 3.07. The van der Waals surface area contributed by atoms with Crippen LogP contribution in [-0.4, -0.2) is 18.7 Å². The summed E-state index contributed by atoms with van der Waals surface area (Å²) in [5.41, 5.74) is 16.9. The van der Waals surface area contributed by atoms with Crippen LogP contribution in [0.1, 0.15) is 22.3 Å². The van der Waals surface area contributed by atoms with Gasteiger partial charge in [-0.2, -0.15) is 0 Å². The van der Waals surface area contributed by atoms with Crippen LogP contribution >= 0.6 is 0 Å². The van der Waals surface area contributed by atoms with Crippen LogP contribution in [0.4, 0.5) is 11.4 Å². The number of hydrogen-bond donors (Lipinski definition) is 5. The monoisotopic (exact) mass is 386 g/mol. The molecule has 0 radical (unpaired) electrons. The largest absolute Gasteiger partial charge is 0.384 e. The number of anilines is 2. The zero-order valence-electron chi connectivity index (χ0n) is 16.4. The van der Waals surface area contributed by atoms with Crippen molar-refractivity contribution in [2.24, 2.45) is 11.5 Å². The van der Waals surface area contributed by atoms with Crippen molar-refractivity contribution in [2.45, 2.75) is 13.1 Å². The van der Waals surface area contributed by atoms with E-state index < -0.39 is 0 Å². The van der Waals surface area contributed by atoms with Gasteiger partial charge in [-0.25, -0.2) is 0 Å². The molecule has 0 aliphatic heterocycles. The highest BCUT2D eigenvalue weighted by molar-refractivity contribution is 5.95. The molecule has 0 atom stereocenters. The molecule has 3 aromatic carbocycles. The van der Waals surface area contributed by atoms with Crippen molar-refractivity contribution in [3.8, 4) is 0 Å². The molecule has 6 nitrogen and oxygen atoms in total. The molecule has 29 heavy (non-hydrogen) atoms. The minimum Gasteiger partial charge on any atom is -0.384 e. The van der Waals surface area contributed by atoms with Crippen LogP contribution in [0.15, 0.2) is 72.8 Å². The van der Waals surface area contributed by atoms with Gasteiger partial charge in [0, 0.05) is 42.6 Å². The van der Waals surface area contributed by atoms with Crippen molar-refractivity contribution >= 4 is 23.0 Å². The molecule has 0 saturated carbocycles. The summed E-state index contributed by atoms with van der Waals surface area (Å²) >= 11 is 0. The van der Waals surface area contributed by atoms with E-state index in [2.05, 4.69) is 34.5 Å². The van der Waals surface area contributed by atoms with Crippen LogP contribution < -0.4 is 21.7 Å². The number of nitrogens with two attached hydrogens (primary N) is 2. The van der Waals surface area contributed by atoms with E-state index >= 15 is 0 Å². The molecular weight excluding hydrogens is 360 g/mol. The van der Waals surface area contributed by atoms with Crippen molar-refractivity contribution < 1.29 is 0 Å². The van der Waals surface area contributed by atoms with Crippen LogP contribution in [0.3, 0.4) is 0 Å². The molecule has 0 aromatic heterocycles. The molecule has 3 rings (SSSR count). The van der Waals surface area contributed by atoms with Gasteiger partial charge in [-0.3, -0.25) is 10.8 Å². The van der Waals surface area contributed by atoms with Crippen molar-refractivity contribution in [3.63, 3.8) is 0 Å². The smallest absolute Gasteiger partial charge is 0.122 e. The zero-order valence-corrected chi connectivity index (χ0v) is 16.4. The quantitative estimate of drug-likeness (QED) is 0.301. The van der Waals surface area contributed by atoms with Gasteiger partial charge >= 0.3 is 0 Å². The second kappa shape index (κ2) is 8.93. The van der Waals surface area contributed by atoms with Crippen molar-refractivity contribution in [1.29, 1.82) is 10.8 Å². The Morgan fingerprint density at radius 1 is 0.828 bits per heavy atom. The maximum Gasteiger partial charge on any atom is 0.122 e. The summed E-state index contributed by atoms with van der Waals surface area (Å²) in [5, 5.41) is 18.3. The topological polar surface area (TPSA) is 115 Å². The summed E-state index contributed by atoms with van der Waals surface area (Å²) in [4.78, 5) is 2.16. The van der Waals surface area contributed by atoms with Crippen molar-refractivity contribution in [3.05, 3.63) is 95.1 Å². The first-order chi connectivity index (χ1) is 13.9. The second-order valence-electron chi connectivity index (χ2n) is 6.98. The molecule has 6 heteroatoms. The highest BCUT2D eigenvalue weighted by Crippen LogP contribution is 2.18. The third kappa shape index (κ3) is 5.35. The lowest BCUT2D eigenvalue weighted by Gasteiger charge is -2.20. The van der Waals surface area contributed by atoms with Gasteiger partial charge in [0.25, 0.3) is 0 Å². The van der Waals surface area contributed by atoms with E-state index in [1.807, 2.05) is 55.6 Å². The number of rotatable bonds is 8. The average Bonchev–Trinajstić information content (AvgIpc) is 2.73. The number of nitrogens with one attached hydrogen (secondary N) is 3. The molecular formula is C23H26N6. The van der Waals surface area contributed by atoms with E-state index in [9.17, 15) is 0 Å². The first-order valence-electron chi connectivity index (χ1n) is 9.34. The summed E-state index contributed by atoms with van der Waals surface area (Å²) in [7, 11) is 2.05. The van der Waals surface area contributed by atoms with E-state index in [1.54, 1.807) is 0 Å². The van der Waals surface area contributed by atoms with Gasteiger partial charge < -0.3 is 21.7 Å². The number of nitrogens with zero attached hydrogens (tertiary/aromatic N) is 1. The summed E-state index contributed by atoms with van der Waals surface area (Å²) in [6, 6.07) is 23.7. The normalized spacial score (nSPS) is 10.4. The van der Waals surface area contributed by atoms with E-state index in [1.165, 1.54) is 11.1 Å². The highest BCUT2D eigenvalue weighted by atomic mass is 15.1. The van der Waals surface area contributed by atoms with Crippen molar-refractivity contribution in [1.82, 2.24) is 0 Å². The Bertz CT molecular complexity index is 993. The number of hydrogen-bond acceptors (Lipinski definition) is 4. The first-order valence-corrected chi connectivity index (χ1v) is 9.34. The predicted molar refractivity (Wildman–Crippen MR) is 121 cm³/mol. The number of amidine groups is 2. The maximum absolute atomic E-state index is 7.49. The average molecular weight is 387 g/mol. The van der Waals surface area contributed by atoms with Gasteiger partial charge in [0.1, 0.15) is 11.7 Å². The standard InChI is InChI=1S/C23H26N6/c1-29(21-11-7-19(8-12-21)23(26)27)15-17-4-2-3-16(13-17)14-28-20-9-5-18(6-10-20)22(24)25/h2-13,28H,14-15H2,1H3,(H3,24,25)(H3,26,27). The molecule has 3 aromatic rings. The third-order valence-corrected chi connectivity index (χ3v) is 4.72. The molecule has 0 spiro atoms. The molecule has 0 heterocycles. The Labute approximate surface area is 171 Å². The molecule has 0 bridgehead atoms. The molecule has 0 aliphatic rings. The second-order valence-corrected chi connectivity index (χ2v) is 6.98. The van der Waals surface area contributed by atoms with Gasteiger partial charge in [0.05, 0.1) is 0 Å². The molecule has 0 saturated heterocycles. The fraction of sp³-hybridized carbons (Fsp3) is 0.130. The molecule has 0 aliphatic carbocycles. The van der Waals surface area contributed by atoms with Crippen LogP contribution in [0.2, 0.25) is 0 Å². The highest BCUT2D eigenvalue weighted by Gasteiger charge is 2.05. The van der Waals surface area contributed by atoms with Crippen molar-refractivity contribution in [2.75, 3.05) is 17.3 Å². The van der Waals surface area contributed by atoms with Crippen LogP contribution in [0.5, 0.6) is 0 Å². The Morgan fingerprint density at radius 2 is 1.38 bits per heavy atom. The van der Waals surface area contributed by atoms with Gasteiger partial charge in [-0.1, -0.05) is 24.3 Å². The third-order valence-electron chi connectivity index (χ3n) is 4.72. The molecule has 0 unspecified atom stereocenters. The summed E-state index contributed by atoms with van der Waals surface area (Å²) in [6.45, 7) is 1.49. The lowest BCUT2D eigenvalue weighted by molar-refractivity contribution is 0.919. The minimum absolute atomic E-state index is 0.0734. The number of nitrogen functional groups attached to an aromatic ring is 2. The Hall–Kier alpha value is -3.80. The summed E-state index contributed by atoms with van der Waals surface area (Å²) in [5.74, 6) is 0.152. The maximum atomic E-state index is 7.49. The fourth-order valence-electron chi connectivity index (χ4n) is 3.07. The Balaban J connectivity index is 1.61. The van der Waals surface area contributed by atoms with Gasteiger partial charge in [-0.05, 0) is 59.7 Å². The predicted octanol–water partition coefficient (Wildman–Crippen LogP) is 3.50. The van der Waals surface area contributed by atoms with E-state index in [4.69, 9.17) is 22.3 Å². The minimum atomic E-state index is 0.0734. The summed E-state index contributed by atoms with van der Waals surface area (Å²) in [6.07, 6.45) is 0. The summed E-state index contributed by atoms with van der Waals surface area (Å²) < 4.78 is 0. The van der Waals surface area contributed by atoms with Gasteiger partial charge in [0.2, 0.25) is 0 Å².